The first-order valence-corrected chi connectivity index (χ1v) is 8.07. The second kappa shape index (κ2) is 5.58. The zero-order chi connectivity index (χ0) is 16.8. The van der Waals surface area contributed by atoms with Crippen LogP contribution in [-0.2, 0) is 9.53 Å². The number of hydrogen-bond acceptors (Lipinski definition) is 5. The van der Waals surface area contributed by atoms with E-state index in [0.29, 0.717) is 24.5 Å². The fraction of sp³-hybridized carbons (Fsp3) is 0.647. The van der Waals surface area contributed by atoms with Crippen molar-refractivity contribution in [2.24, 2.45) is 11.3 Å². The van der Waals surface area contributed by atoms with Crippen LogP contribution in [0.25, 0.3) is 0 Å². The van der Waals surface area contributed by atoms with Crippen LogP contribution in [0.4, 0.5) is 0 Å². The van der Waals surface area contributed by atoms with Gasteiger partial charge in [0.05, 0.1) is 30.1 Å². The molecule has 124 valence electrons. The zero-order valence-electron chi connectivity index (χ0n) is 14.2. The van der Waals surface area contributed by atoms with Gasteiger partial charge in [-0.1, -0.05) is 0 Å². The van der Waals surface area contributed by atoms with Gasteiger partial charge in [-0.2, -0.15) is 0 Å². The van der Waals surface area contributed by atoms with Crippen molar-refractivity contribution in [1.82, 2.24) is 14.9 Å². The Morgan fingerprint density at radius 2 is 1.70 bits per heavy atom. The quantitative estimate of drug-likeness (QED) is 0.778. The monoisotopic (exact) mass is 317 g/mol. The van der Waals surface area contributed by atoms with Gasteiger partial charge in [0.1, 0.15) is 5.69 Å². The molecule has 1 spiro atoms. The molecule has 2 aliphatic rings. The molecule has 0 N–H and O–H groups in total. The molecule has 23 heavy (non-hydrogen) atoms. The number of rotatable bonds is 2. The van der Waals surface area contributed by atoms with Crippen molar-refractivity contribution in [3.05, 3.63) is 22.8 Å². The summed E-state index contributed by atoms with van der Waals surface area (Å²) >= 11 is 0. The van der Waals surface area contributed by atoms with Gasteiger partial charge in [-0.25, -0.2) is 4.98 Å². The topological polar surface area (TPSA) is 72.4 Å². The van der Waals surface area contributed by atoms with E-state index in [1.807, 2.05) is 25.7 Å². The number of hydrogen-bond donors (Lipinski definition) is 0. The molecule has 1 saturated heterocycles. The van der Waals surface area contributed by atoms with Crippen LogP contribution in [0.1, 0.15) is 46.8 Å². The third-order valence-corrected chi connectivity index (χ3v) is 5.41. The predicted octanol–water partition coefficient (Wildman–Crippen LogP) is 1.82. The Balaban J connectivity index is 1.68. The molecule has 1 amide bonds. The molecule has 6 nitrogen and oxygen atoms in total. The van der Waals surface area contributed by atoms with Crippen molar-refractivity contribution in [3.63, 3.8) is 0 Å². The van der Waals surface area contributed by atoms with Crippen LogP contribution in [0, 0.1) is 32.1 Å². The van der Waals surface area contributed by atoms with Crippen molar-refractivity contribution < 1.29 is 14.3 Å². The van der Waals surface area contributed by atoms with Crippen LogP contribution in [0.15, 0.2) is 0 Å². The van der Waals surface area contributed by atoms with Gasteiger partial charge in [-0.3, -0.25) is 14.6 Å². The van der Waals surface area contributed by atoms with E-state index in [-0.39, 0.29) is 23.2 Å². The number of carbonyl (C=O) groups is 2. The molecule has 1 aromatic heterocycles. The number of aromatic nitrogens is 2. The molecular formula is C17H23N3O3. The van der Waals surface area contributed by atoms with E-state index in [2.05, 4.69) is 9.97 Å². The minimum Gasteiger partial charge on any atom is -0.469 e. The lowest BCUT2D eigenvalue weighted by Crippen LogP contribution is -2.40. The molecule has 0 bridgehead atoms. The van der Waals surface area contributed by atoms with Crippen molar-refractivity contribution in [2.45, 2.75) is 40.0 Å². The van der Waals surface area contributed by atoms with Crippen LogP contribution in [0.2, 0.25) is 0 Å². The predicted molar refractivity (Wildman–Crippen MR) is 83.9 cm³/mol. The van der Waals surface area contributed by atoms with Crippen LogP contribution < -0.4 is 0 Å². The van der Waals surface area contributed by atoms with Gasteiger partial charge in [0, 0.05) is 13.1 Å². The van der Waals surface area contributed by atoms with Gasteiger partial charge in [-0.05, 0) is 45.4 Å². The van der Waals surface area contributed by atoms with E-state index in [1.54, 1.807) is 0 Å². The molecule has 1 unspecified atom stereocenters. The molecule has 0 radical (unpaired) electrons. The zero-order valence-corrected chi connectivity index (χ0v) is 14.2. The standard InChI is InChI=1S/C17H23N3O3/c1-10-11(2)19-14(12(3)18-10)15(21)20-7-5-17(6-8-20)9-13(17)16(22)23-4/h13H,5-9H2,1-4H3. The summed E-state index contributed by atoms with van der Waals surface area (Å²) in [5, 5.41) is 0. The Hall–Kier alpha value is -1.98. The maximum absolute atomic E-state index is 12.7. The van der Waals surface area contributed by atoms with Crippen molar-refractivity contribution in [1.29, 1.82) is 0 Å². The van der Waals surface area contributed by atoms with Crippen LogP contribution >= 0.6 is 0 Å². The van der Waals surface area contributed by atoms with E-state index >= 15 is 0 Å². The fourth-order valence-corrected chi connectivity index (χ4v) is 3.60. The van der Waals surface area contributed by atoms with Crippen molar-refractivity contribution in [3.8, 4) is 0 Å². The van der Waals surface area contributed by atoms with Gasteiger partial charge >= 0.3 is 5.97 Å². The second-order valence-corrected chi connectivity index (χ2v) is 6.76. The van der Waals surface area contributed by atoms with E-state index in [9.17, 15) is 9.59 Å². The summed E-state index contributed by atoms with van der Waals surface area (Å²) in [4.78, 5) is 35.1. The van der Waals surface area contributed by atoms with E-state index in [1.165, 1.54) is 7.11 Å². The van der Waals surface area contributed by atoms with Crippen LogP contribution in [0.3, 0.4) is 0 Å². The number of likely N-dealkylation sites (tertiary alicyclic amines) is 1. The minimum absolute atomic E-state index is 0.0212. The maximum Gasteiger partial charge on any atom is 0.309 e. The first-order valence-electron chi connectivity index (χ1n) is 8.07. The summed E-state index contributed by atoms with van der Waals surface area (Å²) in [5.74, 6) is -0.142. The molecule has 2 fully saturated rings. The molecule has 1 atom stereocenters. The maximum atomic E-state index is 12.7. The molecule has 1 aromatic rings. The summed E-state index contributed by atoms with van der Waals surface area (Å²) < 4.78 is 4.85. The molecule has 3 rings (SSSR count). The van der Waals surface area contributed by atoms with Gasteiger partial charge in [0.2, 0.25) is 0 Å². The molecule has 1 aliphatic carbocycles. The Morgan fingerprint density at radius 3 is 2.30 bits per heavy atom. The average Bonchev–Trinajstić information content (AvgIpc) is 3.24. The summed E-state index contributed by atoms with van der Waals surface area (Å²) in [5.41, 5.74) is 2.84. The first kappa shape index (κ1) is 15.9. The SMILES string of the molecule is COC(=O)C1CC12CCN(C(=O)c1nc(C)c(C)nc1C)CC2. The van der Waals surface area contributed by atoms with E-state index in [0.717, 1.165) is 30.7 Å². The summed E-state index contributed by atoms with van der Waals surface area (Å²) in [6.07, 6.45) is 2.61. The van der Waals surface area contributed by atoms with E-state index < -0.39 is 0 Å². The molecular weight excluding hydrogens is 294 g/mol. The number of aryl methyl sites for hydroxylation is 3. The molecule has 2 heterocycles. The Bertz CT molecular complexity index is 663. The van der Waals surface area contributed by atoms with Gasteiger partial charge < -0.3 is 9.64 Å². The lowest BCUT2D eigenvalue weighted by molar-refractivity contribution is -0.143. The molecule has 1 aliphatic heterocycles. The number of esters is 1. The normalized spacial score (nSPS) is 22.1. The van der Waals surface area contributed by atoms with Crippen molar-refractivity contribution in [2.75, 3.05) is 20.2 Å². The molecule has 0 aromatic carbocycles. The number of methoxy groups -OCH3 is 1. The van der Waals surface area contributed by atoms with Gasteiger partial charge in [0.25, 0.3) is 5.91 Å². The van der Waals surface area contributed by atoms with Gasteiger partial charge in [-0.15, -0.1) is 0 Å². The lowest BCUT2D eigenvalue weighted by Gasteiger charge is -2.32. The number of amides is 1. The fourth-order valence-electron chi connectivity index (χ4n) is 3.60. The largest absolute Gasteiger partial charge is 0.469 e. The second-order valence-electron chi connectivity index (χ2n) is 6.76. The number of piperidine rings is 1. The summed E-state index contributed by atoms with van der Waals surface area (Å²) in [7, 11) is 1.44. The highest BCUT2D eigenvalue weighted by Gasteiger charge is 2.59. The van der Waals surface area contributed by atoms with Gasteiger partial charge in [0.15, 0.2) is 0 Å². The van der Waals surface area contributed by atoms with Crippen molar-refractivity contribution >= 4 is 11.9 Å². The Kier molecular flexibility index (Phi) is 3.86. The highest BCUT2D eigenvalue weighted by molar-refractivity contribution is 5.93. The summed E-state index contributed by atoms with van der Waals surface area (Å²) in [6, 6.07) is 0. The Morgan fingerprint density at radius 1 is 1.09 bits per heavy atom. The number of ether oxygens (including phenoxy) is 1. The Labute approximate surface area is 136 Å². The van der Waals surface area contributed by atoms with E-state index in [4.69, 9.17) is 4.74 Å². The van der Waals surface area contributed by atoms with Crippen LogP contribution in [0.5, 0.6) is 0 Å². The number of nitrogens with zero attached hydrogens (tertiary/aromatic N) is 3. The molecule has 6 heteroatoms. The average molecular weight is 317 g/mol. The minimum atomic E-state index is -0.111. The first-order chi connectivity index (χ1) is 10.9. The lowest BCUT2D eigenvalue weighted by atomic mass is 9.90. The highest BCUT2D eigenvalue weighted by Crippen LogP contribution is 2.59. The smallest absolute Gasteiger partial charge is 0.309 e. The number of carbonyl (C=O) groups excluding carboxylic acids is 2. The summed E-state index contributed by atoms with van der Waals surface area (Å²) in [6.45, 7) is 6.93. The molecule has 1 saturated carbocycles. The third-order valence-electron chi connectivity index (χ3n) is 5.41. The third kappa shape index (κ3) is 2.71. The highest BCUT2D eigenvalue weighted by atomic mass is 16.5. The van der Waals surface area contributed by atoms with Crippen LogP contribution in [-0.4, -0.2) is 46.9 Å².